The van der Waals surface area contributed by atoms with Gasteiger partial charge in [-0.3, -0.25) is 9.59 Å². The Bertz CT molecular complexity index is 566. The summed E-state index contributed by atoms with van der Waals surface area (Å²) in [6, 6.07) is 8.38. The number of methoxy groups -OCH3 is 1. The van der Waals surface area contributed by atoms with Gasteiger partial charge in [0.25, 0.3) is 0 Å². The Morgan fingerprint density at radius 2 is 1.88 bits per heavy atom. The fraction of sp³-hybridized carbons (Fsp3) is 0.579. The second kappa shape index (κ2) is 9.42. The van der Waals surface area contributed by atoms with Crippen molar-refractivity contribution in [1.29, 1.82) is 0 Å². The van der Waals surface area contributed by atoms with Crippen molar-refractivity contribution in [2.24, 2.45) is 11.7 Å². The summed E-state index contributed by atoms with van der Waals surface area (Å²) in [5.41, 5.74) is 8.00. The zero-order valence-electron chi connectivity index (χ0n) is 15.2. The minimum absolute atomic E-state index is 0.106. The molecular formula is C19H29N3O3. The molecule has 1 amide bonds. The lowest BCUT2D eigenvalue weighted by atomic mass is 9.92. The Morgan fingerprint density at radius 1 is 1.24 bits per heavy atom. The number of nitrogens with zero attached hydrogens (tertiary/aromatic N) is 2. The van der Waals surface area contributed by atoms with Gasteiger partial charge in [-0.05, 0) is 36.5 Å². The molecule has 1 saturated heterocycles. The van der Waals surface area contributed by atoms with Crippen molar-refractivity contribution in [3.63, 3.8) is 0 Å². The van der Waals surface area contributed by atoms with E-state index in [-0.39, 0.29) is 18.3 Å². The molecule has 1 heterocycles. The number of ether oxygens (including phenoxy) is 1. The normalized spacial score (nSPS) is 15.1. The summed E-state index contributed by atoms with van der Waals surface area (Å²) in [5.74, 6) is 0.232. The fourth-order valence-electron chi connectivity index (χ4n) is 3.13. The van der Waals surface area contributed by atoms with Gasteiger partial charge in [-0.25, -0.2) is 0 Å². The quantitative estimate of drug-likeness (QED) is 0.761. The second-order valence-electron chi connectivity index (χ2n) is 6.65. The monoisotopic (exact) mass is 347 g/mol. The number of benzene rings is 1. The molecular weight excluding hydrogens is 318 g/mol. The molecule has 1 fully saturated rings. The third-order valence-corrected chi connectivity index (χ3v) is 4.92. The van der Waals surface area contributed by atoms with Crippen molar-refractivity contribution in [3.05, 3.63) is 29.8 Å². The Morgan fingerprint density at radius 3 is 2.44 bits per heavy atom. The molecule has 138 valence electrons. The zero-order chi connectivity index (χ0) is 18.2. The summed E-state index contributed by atoms with van der Waals surface area (Å²) >= 11 is 0. The van der Waals surface area contributed by atoms with Crippen LogP contribution in [0.4, 0.5) is 5.69 Å². The Balaban J connectivity index is 1.75. The molecule has 0 aromatic heterocycles. The first kappa shape index (κ1) is 19.2. The lowest BCUT2D eigenvalue weighted by Crippen LogP contribution is -2.36. The summed E-state index contributed by atoms with van der Waals surface area (Å²) in [6.07, 6.45) is 2.82. The van der Waals surface area contributed by atoms with Crippen molar-refractivity contribution in [1.82, 2.24) is 4.90 Å². The van der Waals surface area contributed by atoms with Gasteiger partial charge in [0, 0.05) is 45.3 Å². The van der Waals surface area contributed by atoms with E-state index >= 15 is 0 Å². The Labute approximate surface area is 149 Å². The molecule has 2 N–H and O–H groups in total. The summed E-state index contributed by atoms with van der Waals surface area (Å²) in [5, 5.41) is 0. The molecule has 0 spiro atoms. The average molecular weight is 347 g/mol. The molecule has 6 nitrogen and oxygen atoms in total. The Hall–Kier alpha value is -2.08. The highest BCUT2D eigenvalue weighted by molar-refractivity contribution is 5.77. The number of hydrogen-bond donors (Lipinski definition) is 1. The molecule has 1 aliphatic heterocycles. The van der Waals surface area contributed by atoms with E-state index < -0.39 is 0 Å². The predicted octanol–water partition coefficient (Wildman–Crippen LogP) is 1.77. The van der Waals surface area contributed by atoms with E-state index in [1.807, 2.05) is 0 Å². The van der Waals surface area contributed by atoms with Crippen LogP contribution >= 0.6 is 0 Å². The first-order valence-corrected chi connectivity index (χ1v) is 8.88. The van der Waals surface area contributed by atoms with Crippen LogP contribution in [0.25, 0.3) is 0 Å². The molecule has 25 heavy (non-hydrogen) atoms. The number of rotatable bonds is 7. The van der Waals surface area contributed by atoms with Crippen molar-refractivity contribution in [3.8, 4) is 0 Å². The lowest BCUT2D eigenvalue weighted by Gasteiger charge is -2.34. The minimum atomic E-state index is -0.284. The van der Waals surface area contributed by atoms with Crippen LogP contribution in [0.3, 0.4) is 0 Å². The van der Waals surface area contributed by atoms with E-state index in [9.17, 15) is 9.59 Å². The molecule has 0 bridgehead atoms. The summed E-state index contributed by atoms with van der Waals surface area (Å²) in [6.45, 7) is 2.91. The number of amides is 1. The van der Waals surface area contributed by atoms with Gasteiger partial charge < -0.3 is 20.3 Å². The average Bonchev–Trinajstić information content (AvgIpc) is 2.66. The minimum Gasteiger partial charge on any atom is -0.469 e. The second-order valence-corrected chi connectivity index (χ2v) is 6.65. The molecule has 2 rings (SSSR count). The summed E-state index contributed by atoms with van der Waals surface area (Å²) in [7, 11) is 3.11. The highest BCUT2D eigenvalue weighted by Crippen LogP contribution is 2.26. The van der Waals surface area contributed by atoms with E-state index in [2.05, 4.69) is 33.9 Å². The van der Waals surface area contributed by atoms with E-state index in [0.29, 0.717) is 25.4 Å². The van der Waals surface area contributed by atoms with Crippen LogP contribution in [0, 0.1) is 5.92 Å². The maximum absolute atomic E-state index is 12.3. The van der Waals surface area contributed by atoms with Crippen molar-refractivity contribution in [2.75, 3.05) is 38.7 Å². The van der Waals surface area contributed by atoms with Crippen molar-refractivity contribution in [2.45, 2.75) is 32.2 Å². The van der Waals surface area contributed by atoms with Crippen LogP contribution in [-0.2, 0) is 20.9 Å². The molecule has 0 saturated carbocycles. The van der Waals surface area contributed by atoms with Crippen LogP contribution in [0.5, 0.6) is 0 Å². The molecule has 0 radical (unpaired) electrons. The number of nitrogens with two attached hydrogens (primary N) is 1. The number of carbonyl (C=O) groups excluding carboxylic acids is 2. The van der Waals surface area contributed by atoms with Gasteiger partial charge in [0.2, 0.25) is 5.91 Å². The van der Waals surface area contributed by atoms with Gasteiger partial charge in [-0.15, -0.1) is 0 Å². The SMILES string of the molecule is COC(=O)CCN(C)C(=O)CC1CCN(c2ccc(CN)cc2)CC1. The first-order chi connectivity index (χ1) is 12.0. The number of carbonyl (C=O) groups is 2. The molecule has 6 heteroatoms. The Kier molecular flexibility index (Phi) is 7.25. The van der Waals surface area contributed by atoms with Crippen LogP contribution in [0.2, 0.25) is 0 Å². The molecule has 1 aromatic rings. The van der Waals surface area contributed by atoms with Crippen LogP contribution < -0.4 is 10.6 Å². The summed E-state index contributed by atoms with van der Waals surface area (Å²) < 4.78 is 4.61. The molecule has 0 unspecified atom stereocenters. The molecule has 1 aliphatic rings. The van der Waals surface area contributed by atoms with Crippen molar-refractivity contribution < 1.29 is 14.3 Å². The zero-order valence-corrected chi connectivity index (χ0v) is 15.2. The van der Waals surface area contributed by atoms with Crippen LogP contribution in [0.1, 0.15) is 31.2 Å². The predicted molar refractivity (Wildman–Crippen MR) is 98.2 cm³/mol. The smallest absolute Gasteiger partial charge is 0.307 e. The van der Waals surface area contributed by atoms with Gasteiger partial charge >= 0.3 is 5.97 Å². The van der Waals surface area contributed by atoms with Gasteiger partial charge in [0.1, 0.15) is 0 Å². The van der Waals surface area contributed by atoms with Gasteiger partial charge in [0.05, 0.1) is 13.5 Å². The number of hydrogen-bond acceptors (Lipinski definition) is 5. The highest BCUT2D eigenvalue weighted by Gasteiger charge is 2.23. The topological polar surface area (TPSA) is 75.9 Å². The first-order valence-electron chi connectivity index (χ1n) is 8.88. The van der Waals surface area contributed by atoms with Crippen molar-refractivity contribution >= 4 is 17.6 Å². The fourth-order valence-corrected chi connectivity index (χ4v) is 3.13. The maximum atomic E-state index is 12.3. The van der Waals surface area contributed by atoms with E-state index in [1.165, 1.54) is 12.8 Å². The summed E-state index contributed by atoms with van der Waals surface area (Å²) in [4.78, 5) is 27.4. The van der Waals surface area contributed by atoms with Gasteiger partial charge in [-0.1, -0.05) is 12.1 Å². The van der Waals surface area contributed by atoms with E-state index in [1.54, 1.807) is 11.9 Å². The molecule has 1 aromatic carbocycles. The molecule has 0 aliphatic carbocycles. The van der Waals surface area contributed by atoms with E-state index in [0.717, 1.165) is 31.5 Å². The lowest BCUT2D eigenvalue weighted by molar-refractivity contribution is -0.141. The third kappa shape index (κ3) is 5.74. The van der Waals surface area contributed by atoms with E-state index in [4.69, 9.17) is 5.73 Å². The number of esters is 1. The highest BCUT2D eigenvalue weighted by atomic mass is 16.5. The molecule has 0 atom stereocenters. The van der Waals surface area contributed by atoms with Crippen LogP contribution in [-0.4, -0.2) is 50.6 Å². The largest absolute Gasteiger partial charge is 0.469 e. The maximum Gasteiger partial charge on any atom is 0.307 e. The van der Waals surface area contributed by atoms with Gasteiger partial charge in [-0.2, -0.15) is 0 Å². The standard InChI is InChI=1S/C19H29N3O3/c1-21(10-9-19(24)25-2)18(23)13-15-7-11-22(12-8-15)17-5-3-16(14-20)4-6-17/h3-6,15H,7-14,20H2,1-2H3. The van der Waals surface area contributed by atoms with Crippen LogP contribution in [0.15, 0.2) is 24.3 Å². The van der Waals surface area contributed by atoms with Gasteiger partial charge in [0.15, 0.2) is 0 Å². The number of piperidine rings is 1. The third-order valence-electron chi connectivity index (χ3n) is 4.92. The number of anilines is 1.